The Hall–Kier alpha value is -0.570. The number of ether oxygens (including phenoxy) is 1. The summed E-state index contributed by atoms with van der Waals surface area (Å²) < 4.78 is 4.85. The lowest BCUT2D eigenvalue weighted by Gasteiger charge is -2.27. The van der Waals surface area contributed by atoms with Gasteiger partial charge >= 0.3 is 5.97 Å². The highest BCUT2D eigenvalue weighted by Gasteiger charge is 2.24. The molecule has 0 radical (unpaired) electrons. The first-order valence-electron chi connectivity index (χ1n) is 6.43. The zero-order chi connectivity index (χ0) is 13.6. The lowest BCUT2D eigenvalue weighted by Crippen LogP contribution is -2.35. The van der Waals surface area contributed by atoms with Crippen molar-refractivity contribution in [2.75, 3.05) is 27.2 Å². The van der Waals surface area contributed by atoms with Crippen molar-refractivity contribution in [2.45, 2.75) is 41.0 Å². The van der Waals surface area contributed by atoms with Gasteiger partial charge in [-0.05, 0) is 31.3 Å². The second-order valence-corrected chi connectivity index (χ2v) is 6.45. The van der Waals surface area contributed by atoms with Gasteiger partial charge in [0.05, 0.1) is 13.0 Å². The number of hydrogen-bond acceptors (Lipinski definition) is 3. The lowest BCUT2D eigenvalue weighted by atomic mass is 9.91. The predicted molar refractivity (Wildman–Crippen MR) is 71.9 cm³/mol. The minimum Gasteiger partial charge on any atom is -0.469 e. The molecule has 0 aliphatic carbocycles. The number of esters is 1. The second kappa shape index (κ2) is 7.00. The SMILES string of the molecule is COC(=O)C(CN(C)CCC(C)(C)C)C(C)C. The topological polar surface area (TPSA) is 29.5 Å². The van der Waals surface area contributed by atoms with E-state index in [9.17, 15) is 4.79 Å². The molecule has 3 nitrogen and oxygen atoms in total. The molecule has 0 aromatic heterocycles. The van der Waals surface area contributed by atoms with Crippen molar-refractivity contribution in [1.29, 1.82) is 0 Å². The number of rotatable bonds is 6. The van der Waals surface area contributed by atoms with E-state index in [1.54, 1.807) is 0 Å². The molecule has 0 aromatic carbocycles. The van der Waals surface area contributed by atoms with Gasteiger partial charge in [0.2, 0.25) is 0 Å². The maximum atomic E-state index is 11.6. The predicted octanol–water partition coefficient (Wildman–Crippen LogP) is 2.80. The maximum Gasteiger partial charge on any atom is 0.310 e. The molecule has 0 amide bonds. The van der Waals surface area contributed by atoms with E-state index >= 15 is 0 Å². The van der Waals surface area contributed by atoms with E-state index in [0.717, 1.165) is 19.5 Å². The Bertz CT molecular complexity index is 231. The monoisotopic (exact) mass is 243 g/mol. The Morgan fingerprint density at radius 2 is 1.82 bits per heavy atom. The number of carbonyl (C=O) groups excluding carboxylic acids is 1. The summed E-state index contributed by atoms with van der Waals surface area (Å²) in [4.78, 5) is 13.9. The largest absolute Gasteiger partial charge is 0.469 e. The van der Waals surface area contributed by atoms with Crippen molar-refractivity contribution in [3.05, 3.63) is 0 Å². The maximum absolute atomic E-state index is 11.6. The number of hydrogen-bond donors (Lipinski definition) is 0. The number of methoxy groups -OCH3 is 1. The fourth-order valence-electron chi connectivity index (χ4n) is 1.66. The van der Waals surface area contributed by atoms with E-state index in [2.05, 4.69) is 46.6 Å². The minimum absolute atomic E-state index is 0.0232. The molecular formula is C14H29NO2. The van der Waals surface area contributed by atoms with Crippen LogP contribution in [-0.4, -0.2) is 38.1 Å². The summed E-state index contributed by atoms with van der Waals surface area (Å²) in [5.74, 6) is 0.201. The number of carbonyl (C=O) groups is 1. The summed E-state index contributed by atoms with van der Waals surface area (Å²) >= 11 is 0. The number of nitrogens with zero attached hydrogens (tertiary/aromatic N) is 1. The zero-order valence-electron chi connectivity index (χ0n) is 12.5. The van der Waals surface area contributed by atoms with Gasteiger partial charge in [-0.25, -0.2) is 0 Å². The molecule has 0 N–H and O–H groups in total. The fraction of sp³-hybridized carbons (Fsp3) is 0.929. The third kappa shape index (κ3) is 7.37. The first kappa shape index (κ1) is 16.4. The smallest absolute Gasteiger partial charge is 0.310 e. The van der Waals surface area contributed by atoms with Crippen LogP contribution in [0.3, 0.4) is 0 Å². The summed E-state index contributed by atoms with van der Waals surface area (Å²) in [7, 11) is 3.54. The molecule has 1 unspecified atom stereocenters. The van der Waals surface area contributed by atoms with Crippen molar-refractivity contribution >= 4 is 5.97 Å². The van der Waals surface area contributed by atoms with Crippen LogP contribution in [0.25, 0.3) is 0 Å². The van der Waals surface area contributed by atoms with Gasteiger partial charge in [0.1, 0.15) is 0 Å². The van der Waals surface area contributed by atoms with Crippen LogP contribution in [0.2, 0.25) is 0 Å². The van der Waals surface area contributed by atoms with Crippen LogP contribution in [0.5, 0.6) is 0 Å². The molecule has 17 heavy (non-hydrogen) atoms. The second-order valence-electron chi connectivity index (χ2n) is 6.45. The fourth-order valence-corrected chi connectivity index (χ4v) is 1.66. The van der Waals surface area contributed by atoms with Crippen LogP contribution in [0.1, 0.15) is 41.0 Å². The van der Waals surface area contributed by atoms with E-state index in [0.29, 0.717) is 11.3 Å². The van der Waals surface area contributed by atoms with E-state index in [1.165, 1.54) is 7.11 Å². The molecule has 0 spiro atoms. The van der Waals surface area contributed by atoms with E-state index in [4.69, 9.17) is 4.74 Å². The van der Waals surface area contributed by atoms with Crippen LogP contribution in [0, 0.1) is 17.3 Å². The van der Waals surface area contributed by atoms with Gasteiger partial charge in [-0.3, -0.25) is 4.79 Å². The summed E-state index contributed by atoms with van der Waals surface area (Å²) in [5.41, 5.74) is 0.340. The standard InChI is InChI=1S/C14H29NO2/c1-11(2)12(13(16)17-7)10-15(6)9-8-14(3,4)5/h11-12H,8-10H2,1-7H3. The average molecular weight is 243 g/mol. The van der Waals surface area contributed by atoms with Gasteiger partial charge in [-0.2, -0.15) is 0 Å². The van der Waals surface area contributed by atoms with E-state index in [1.807, 2.05) is 0 Å². The highest BCUT2D eigenvalue weighted by Crippen LogP contribution is 2.20. The van der Waals surface area contributed by atoms with E-state index < -0.39 is 0 Å². The van der Waals surface area contributed by atoms with Gasteiger partial charge < -0.3 is 9.64 Å². The molecule has 0 fully saturated rings. The summed E-state index contributed by atoms with van der Waals surface area (Å²) in [6.07, 6.45) is 1.13. The minimum atomic E-state index is -0.0948. The first-order valence-corrected chi connectivity index (χ1v) is 6.43. The Labute approximate surface area is 107 Å². The molecule has 3 heteroatoms. The normalized spacial score (nSPS) is 14.2. The first-order chi connectivity index (χ1) is 7.67. The van der Waals surface area contributed by atoms with E-state index in [-0.39, 0.29) is 11.9 Å². The van der Waals surface area contributed by atoms with Gasteiger partial charge in [-0.1, -0.05) is 34.6 Å². The Kier molecular flexibility index (Phi) is 6.76. The average Bonchev–Trinajstić information content (AvgIpc) is 2.20. The van der Waals surface area contributed by atoms with Crippen LogP contribution in [0.15, 0.2) is 0 Å². The van der Waals surface area contributed by atoms with Gasteiger partial charge in [0.15, 0.2) is 0 Å². The zero-order valence-corrected chi connectivity index (χ0v) is 12.5. The van der Waals surface area contributed by atoms with Crippen molar-refractivity contribution in [1.82, 2.24) is 4.90 Å². The molecule has 0 heterocycles. The Morgan fingerprint density at radius 3 is 2.18 bits per heavy atom. The molecule has 0 saturated heterocycles. The third-order valence-corrected chi connectivity index (χ3v) is 3.06. The van der Waals surface area contributed by atoms with Gasteiger partial charge in [-0.15, -0.1) is 0 Å². The quantitative estimate of drug-likeness (QED) is 0.672. The molecule has 0 bridgehead atoms. The highest BCUT2D eigenvalue weighted by molar-refractivity contribution is 5.72. The van der Waals surface area contributed by atoms with Crippen LogP contribution in [-0.2, 0) is 9.53 Å². The molecule has 1 atom stereocenters. The van der Waals surface area contributed by atoms with Crippen molar-refractivity contribution in [2.24, 2.45) is 17.3 Å². The van der Waals surface area contributed by atoms with Crippen molar-refractivity contribution in [3.8, 4) is 0 Å². The highest BCUT2D eigenvalue weighted by atomic mass is 16.5. The molecule has 0 saturated carbocycles. The molecular weight excluding hydrogens is 214 g/mol. The molecule has 0 aromatic rings. The van der Waals surface area contributed by atoms with Crippen LogP contribution in [0.4, 0.5) is 0 Å². The Balaban J connectivity index is 4.22. The summed E-state index contributed by atoms with van der Waals surface area (Å²) in [5, 5.41) is 0. The molecule has 0 aliphatic rings. The van der Waals surface area contributed by atoms with Crippen molar-refractivity contribution < 1.29 is 9.53 Å². The molecule has 0 aliphatic heterocycles. The van der Waals surface area contributed by atoms with Crippen LogP contribution >= 0.6 is 0 Å². The lowest BCUT2D eigenvalue weighted by molar-refractivity contribution is -0.147. The van der Waals surface area contributed by atoms with Crippen LogP contribution < -0.4 is 0 Å². The Morgan fingerprint density at radius 1 is 1.29 bits per heavy atom. The molecule has 102 valence electrons. The van der Waals surface area contributed by atoms with Gasteiger partial charge in [0.25, 0.3) is 0 Å². The third-order valence-electron chi connectivity index (χ3n) is 3.06. The molecule has 0 rings (SSSR count). The summed E-state index contributed by atoms with van der Waals surface area (Å²) in [6, 6.07) is 0. The summed E-state index contributed by atoms with van der Waals surface area (Å²) in [6.45, 7) is 12.6. The van der Waals surface area contributed by atoms with Crippen molar-refractivity contribution in [3.63, 3.8) is 0 Å². The van der Waals surface area contributed by atoms with Gasteiger partial charge in [0, 0.05) is 6.54 Å².